The molecule has 0 aromatic heterocycles. The molecular weight excluding hydrogens is 416 g/mol. The maximum atomic E-state index is 12.5. The highest BCUT2D eigenvalue weighted by Gasteiger charge is 2.26. The standard InChI is InChI=1S/C27H28N2O4/c1-19-6-8-21(9-7-19)10-13-26(30)28-22-11-12-25-24(17-22)29(27(31)18-33-25)14-15-32-23-5-3-4-20(2)16-23/h3-9,11-12,16-17H,10,13-15,18H2,1-2H3,(H,28,30). The lowest BCUT2D eigenvalue weighted by Crippen LogP contribution is -2.41. The van der Waals surface area contributed by atoms with Crippen LogP contribution in [0.25, 0.3) is 0 Å². The lowest BCUT2D eigenvalue weighted by Gasteiger charge is -2.29. The van der Waals surface area contributed by atoms with E-state index in [1.165, 1.54) is 5.56 Å². The Labute approximate surface area is 194 Å². The largest absolute Gasteiger partial charge is 0.492 e. The number of anilines is 2. The minimum absolute atomic E-state index is 0.0142. The Morgan fingerprint density at radius 2 is 1.85 bits per heavy atom. The van der Waals surface area contributed by atoms with Crippen molar-refractivity contribution in [3.8, 4) is 11.5 Å². The summed E-state index contributed by atoms with van der Waals surface area (Å²) >= 11 is 0. The first kappa shape index (κ1) is 22.4. The summed E-state index contributed by atoms with van der Waals surface area (Å²) in [6, 6.07) is 21.3. The van der Waals surface area contributed by atoms with Gasteiger partial charge in [0.2, 0.25) is 5.91 Å². The molecule has 0 bridgehead atoms. The molecule has 0 aliphatic carbocycles. The van der Waals surface area contributed by atoms with Gasteiger partial charge in [-0.1, -0.05) is 42.0 Å². The van der Waals surface area contributed by atoms with E-state index in [0.29, 0.717) is 43.1 Å². The summed E-state index contributed by atoms with van der Waals surface area (Å²) in [5.41, 5.74) is 4.70. The Bertz CT molecular complexity index is 1140. The highest BCUT2D eigenvalue weighted by molar-refractivity contribution is 5.99. The molecule has 33 heavy (non-hydrogen) atoms. The molecule has 6 nitrogen and oxygen atoms in total. The van der Waals surface area contributed by atoms with Gasteiger partial charge in [0.25, 0.3) is 5.91 Å². The fraction of sp³-hybridized carbons (Fsp3) is 0.259. The molecule has 0 radical (unpaired) electrons. The van der Waals surface area contributed by atoms with E-state index in [1.807, 2.05) is 62.4 Å². The Kier molecular flexibility index (Phi) is 6.93. The summed E-state index contributed by atoms with van der Waals surface area (Å²) in [6.07, 6.45) is 1.05. The van der Waals surface area contributed by atoms with Crippen LogP contribution >= 0.6 is 0 Å². The minimum Gasteiger partial charge on any atom is -0.492 e. The quantitative estimate of drug-likeness (QED) is 0.548. The monoisotopic (exact) mass is 444 g/mol. The van der Waals surface area contributed by atoms with E-state index in [4.69, 9.17) is 9.47 Å². The van der Waals surface area contributed by atoms with E-state index in [0.717, 1.165) is 16.9 Å². The lowest BCUT2D eigenvalue weighted by atomic mass is 10.1. The highest BCUT2D eigenvalue weighted by Crippen LogP contribution is 2.34. The van der Waals surface area contributed by atoms with Crippen LogP contribution in [0.5, 0.6) is 11.5 Å². The topological polar surface area (TPSA) is 67.9 Å². The normalized spacial score (nSPS) is 12.7. The van der Waals surface area contributed by atoms with Gasteiger partial charge < -0.3 is 19.7 Å². The average Bonchev–Trinajstić information content (AvgIpc) is 2.80. The molecule has 0 unspecified atom stereocenters. The number of rotatable bonds is 8. The van der Waals surface area contributed by atoms with Crippen molar-refractivity contribution in [3.63, 3.8) is 0 Å². The second-order valence-electron chi connectivity index (χ2n) is 8.22. The van der Waals surface area contributed by atoms with Gasteiger partial charge >= 0.3 is 0 Å². The zero-order chi connectivity index (χ0) is 23.2. The predicted molar refractivity (Wildman–Crippen MR) is 129 cm³/mol. The first-order valence-corrected chi connectivity index (χ1v) is 11.1. The number of aryl methyl sites for hydroxylation is 3. The lowest BCUT2D eigenvalue weighted by molar-refractivity contribution is -0.121. The van der Waals surface area contributed by atoms with E-state index in [2.05, 4.69) is 5.32 Å². The molecule has 2 amide bonds. The molecule has 3 aromatic carbocycles. The third kappa shape index (κ3) is 5.92. The Morgan fingerprint density at radius 3 is 2.64 bits per heavy atom. The molecule has 170 valence electrons. The van der Waals surface area contributed by atoms with Crippen LogP contribution in [0.15, 0.2) is 66.7 Å². The molecular formula is C27H28N2O4. The molecule has 1 N–H and O–H groups in total. The number of nitrogens with zero attached hydrogens (tertiary/aromatic N) is 1. The Morgan fingerprint density at radius 1 is 1.03 bits per heavy atom. The smallest absolute Gasteiger partial charge is 0.265 e. The fourth-order valence-corrected chi connectivity index (χ4v) is 3.72. The van der Waals surface area contributed by atoms with Crippen LogP contribution in [0.3, 0.4) is 0 Å². The zero-order valence-electron chi connectivity index (χ0n) is 19.0. The van der Waals surface area contributed by atoms with Gasteiger partial charge in [-0.25, -0.2) is 0 Å². The first-order chi connectivity index (χ1) is 16.0. The molecule has 1 aliphatic rings. The fourth-order valence-electron chi connectivity index (χ4n) is 3.72. The van der Waals surface area contributed by atoms with Crippen LogP contribution in [0, 0.1) is 13.8 Å². The summed E-state index contributed by atoms with van der Waals surface area (Å²) in [6.45, 7) is 4.76. The molecule has 1 aliphatic heterocycles. The van der Waals surface area contributed by atoms with Crippen LogP contribution < -0.4 is 19.7 Å². The van der Waals surface area contributed by atoms with Crippen LogP contribution in [0.1, 0.15) is 23.1 Å². The van der Waals surface area contributed by atoms with Crippen LogP contribution in [-0.4, -0.2) is 31.6 Å². The second kappa shape index (κ2) is 10.2. The highest BCUT2D eigenvalue weighted by atomic mass is 16.5. The number of ether oxygens (including phenoxy) is 2. The van der Waals surface area contributed by atoms with Crippen molar-refractivity contribution in [2.45, 2.75) is 26.7 Å². The van der Waals surface area contributed by atoms with Crippen molar-refractivity contribution < 1.29 is 19.1 Å². The van der Waals surface area contributed by atoms with Gasteiger partial charge in [0.05, 0.1) is 12.2 Å². The molecule has 1 heterocycles. The minimum atomic E-state index is -0.141. The van der Waals surface area contributed by atoms with Crippen molar-refractivity contribution >= 4 is 23.2 Å². The number of benzene rings is 3. The van der Waals surface area contributed by atoms with Gasteiger partial charge in [-0.05, 0) is 61.7 Å². The third-order valence-corrected chi connectivity index (χ3v) is 5.52. The van der Waals surface area contributed by atoms with Gasteiger partial charge in [-0.3, -0.25) is 9.59 Å². The van der Waals surface area contributed by atoms with E-state index in [9.17, 15) is 9.59 Å². The number of nitrogens with one attached hydrogen (secondary N) is 1. The Hall–Kier alpha value is -3.80. The maximum absolute atomic E-state index is 12.5. The molecule has 0 atom stereocenters. The molecule has 4 rings (SSSR count). The molecule has 0 saturated carbocycles. The number of fused-ring (bicyclic) bond motifs is 1. The first-order valence-electron chi connectivity index (χ1n) is 11.1. The number of carbonyl (C=O) groups excluding carboxylic acids is 2. The summed E-state index contributed by atoms with van der Waals surface area (Å²) < 4.78 is 11.4. The maximum Gasteiger partial charge on any atom is 0.265 e. The van der Waals surface area contributed by atoms with Gasteiger partial charge in [0.1, 0.15) is 18.1 Å². The molecule has 0 spiro atoms. The van der Waals surface area contributed by atoms with Gasteiger partial charge in [-0.15, -0.1) is 0 Å². The van der Waals surface area contributed by atoms with E-state index in [1.54, 1.807) is 23.1 Å². The molecule has 3 aromatic rings. The number of hydrogen-bond acceptors (Lipinski definition) is 4. The average molecular weight is 445 g/mol. The van der Waals surface area contributed by atoms with Crippen LogP contribution in [0.2, 0.25) is 0 Å². The van der Waals surface area contributed by atoms with E-state index >= 15 is 0 Å². The summed E-state index contributed by atoms with van der Waals surface area (Å²) in [5.74, 6) is 1.17. The summed E-state index contributed by atoms with van der Waals surface area (Å²) in [5, 5.41) is 2.93. The van der Waals surface area contributed by atoms with Crippen LogP contribution in [0.4, 0.5) is 11.4 Å². The molecule has 0 fully saturated rings. The number of carbonyl (C=O) groups is 2. The van der Waals surface area contributed by atoms with E-state index < -0.39 is 0 Å². The van der Waals surface area contributed by atoms with Gasteiger partial charge in [0.15, 0.2) is 6.61 Å². The van der Waals surface area contributed by atoms with Crippen molar-refractivity contribution in [3.05, 3.63) is 83.4 Å². The Balaban J connectivity index is 1.38. The van der Waals surface area contributed by atoms with Crippen molar-refractivity contribution in [1.29, 1.82) is 0 Å². The summed E-state index contributed by atoms with van der Waals surface area (Å²) in [7, 11) is 0. The number of amides is 2. The van der Waals surface area contributed by atoms with Crippen molar-refractivity contribution in [2.75, 3.05) is 30.0 Å². The second-order valence-corrected chi connectivity index (χ2v) is 8.22. The van der Waals surface area contributed by atoms with E-state index in [-0.39, 0.29) is 18.4 Å². The number of hydrogen-bond donors (Lipinski definition) is 1. The summed E-state index contributed by atoms with van der Waals surface area (Å²) in [4.78, 5) is 26.7. The van der Waals surface area contributed by atoms with Crippen molar-refractivity contribution in [2.24, 2.45) is 0 Å². The van der Waals surface area contributed by atoms with Gasteiger partial charge in [0, 0.05) is 12.1 Å². The zero-order valence-corrected chi connectivity index (χ0v) is 19.0. The molecule has 6 heteroatoms. The van der Waals surface area contributed by atoms with Gasteiger partial charge in [-0.2, -0.15) is 0 Å². The predicted octanol–water partition coefficient (Wildman–Crippen LogP) is 4.68. The van der Waals surface area contributed by atoms with Crippen LogP contribution in [-0.2, 0) is 16.0 Å². The SMILES string of the molecule is Cc1ccc(CCC(=O)Nc2ccc3c(c2)N(CCOc2cccc(C)c2)C(=O)CO3)cc1. The van der Waals surface area contributed by atoms with Crippen molar-refractivity contribution in [1.82, 2.24) is 0 Å². The third-order valence-electron chi connectivity index (χ3n) is 5.52. The molecule has 0 saturated heterocycles.